The number of nitrogens with zero attached hydrogens (tertiary/aromatic N) is 4. The van der Waals surface area contributed by atoms with E-state index in [9.17, 15) is 4.79 Å². The summed E-state index contributed by atoms with van der Waals surface area (Å²) >= 11 is 0. The topological polar surface area (TPSA) is 63.1 Å². The average Bonchev–Trinajstić information content (AvgIpc) is 2.89. The van der Waals surface area contributed by atoms with Gasteiger partial charge in [-0.15, -0.1) is 0 Å². The normalized spacial score (nSPS) is 15.9. The summed E-state index contributed by atoms with van der Waals surface area (Å²) in [5.41, 5.74) is 1.37. The third-order valence-corrected chi connectivity index (χ3v) is 3.40. The molecule has 0 unspecified atom stereocenters. The molecular formula is C14H17N5O. The van der Waals surface area contributed by atoms with Crippen LogP contribution in [0.4, 0.5) is 0 Å². The molecule has 0 saturated carbocycles. The first-order valence-electron chi connectivity index (χ1n) is 6.82. The van der Waals surface area contributed by atoms with Gasteiger partial charge in [0, 0.05) is 19.6 Å². The second-order valence-corrected chi connectivity index (χ2v) is 4.73. The number of hydrogen-bond donors (Lipinski definition) is 1. The lowest BCUT2D eigenvalue weighted by atomic mass is 10.1. The summed E-state index contributed by atoms with van der Waals surface area (Å²) in [7, 11) is 0. The maximum absolute atomic E-state index is 12.7. The zero-order valence-corrected chi connectivity index (χ0v) is 11.2. The van der Waals surface area contributed by atoms with Gasteiger partial charge < -0.3 is 10.2 Å². The molecule has 20 heavy (non-hydrogen) atoms. The highest BCUT2D eigenvalue weighted by Crippen LogP contribution is 2.15. The van der Waals surface area contributed by atoms with Gasteiger partial charge in [-0.2, -0.15) is 15.0 Å². The Labute approximate surface area is 117 Å². The number of hydrogen-bond acceptors (Lipinski definition) is 4. The van der Waals surface area contributed by atoms with E-state index >= 15 is 0 Å². The van der Waals surface area contributed by atoms with E-state index in [0.717, 1.165) is 38.3 Å². The molecule has 1 amide bonds. The molecule has 3 rings (SSSR count). The Kier molecular flexibility index (Phi) is 3.73. The van der Waals surface area contributed by atoms with E-state index in [1.165, 1.54) is 4.80 Å². The van der Waals surface area contributed by atoms with Crippen LogP contribution in [0.5, 0.6) is 0 Å². The van der Waals surface area contributed by atoms with E-state index in [1.54, 1.807) is 12.4 Å². The van der Waals surface area contributed by atoms with Crippen molar-refractivity contribution in [2.24, 2.45) is 0 Å². The van der Waals surface area contributed by atoms with Crippen molar-refractivity contribution >= 4 is 5.91 Å². The monoisotopic (exact) mass is 271 g/mol. The molecule has 1 aliphatic rings. The predicted molar refractivity (Wildman–Crippen MR) is 74.7 cm³/mol. The fraction of sp³-hybridized carbons (Fsp3) is 0.357. The molecule has 0 bridgehead atoms. The van der Waals surface area contributed by atoms with Crippen molar-refractivity contribution in [3.63, 3.8) is 0 Å². The molecule has 1 aliphatic heterocycles. The quantitative estimate of drug-likeness (QED) is 0.873. The lowest BCUT2D eigenvalue weighted by Gasteiger charge is -2.21. The average molecular weight is 271 g/mol. The molecule has 1 fully saturated rings. The number of nitrogens with one attached hydrogen (secondary N) is 1. The van der Waals surface area contributed by atoms with Crippen LogP contribution in [0.1, 0.15) is 16.8 Å². The Hall–Kier alpha value is -2.21. The molecule has 0 radical (unpaired) electrons. The van der Waals surface area contributed by atoms with Gasteiger partial charge in [0.05, 0.1) is 23.6 Å². The van der Waals surface area contributed by atoms with Crippen LogP contribution in [-0.4, -0.2) is 52.0 Å². The minimum absolute atomic E-state index is 0.0431. The molecule has 0 atom stereocenters. The fourth-order valence-corrected chi connectivity index (χ4v) is 2.39. The van der Waals surface area contributed by atoms with Gasteiger partial charge in [-0.25, -0.2) is 0 Å². The van der Waals surface area contributed by atoms with Gasteiger partial charge >= 0.3 is 0 Å². The predicted octanol–water partition coefficient (Wildman–Crippen LogP) is 0.703. The Bertz CT molecular complexity index is 573. The van der Waals surface area contributed by atoms with E-state index in [-0.39, 0.29) is 5.91 Å². The van der Waals surface area contributed by atoms with E-state index < -0.39 is 0 Å². The van der Waals surface area contributed by atoms with E-state index in [2.05, 4.69) is 15.5 Å². The van der Waals surface area contributed by atoms with Crippen molar-refractivity contribution in [3.05, 3.63) is 42.2 Å². The smallest absolute Gasteiger partial charge is 0.256 e. The number of para-hydroxylation sites is 1. The Morgan fingerprint density at radius 3 is 2.75 bits per heavy atom. The highest BCUT2D eigenvalue weighted by Gasteiger charge is 2.20. The summed E-state index contributed by atoms with van der Waals surface area (Å²) in [4.78, 5) is 16.1. The molecule has 0 spiro atoms. The van der Waals surface area contributed by atoms with Gasteiger partial charge in [-0.05, 0) is 25.1 Å². The second kappa shape index (κ2) is 5.83. The molecule has 0 aliphatic carbocycles. The van der Waals surface area contributed by atoms with Gasteiger partial charge in [0.1, 0.15) is 0 Å². The standard InChI is InChI=1S/C14H17N5O/c20-14(18-10-3-6-15-9-11-18)12-4-1-2-5-13(12)19-16-7-8-17-19/h1-2,4-5,7-8,15H,3,6,9-11H2. The third-order valence-electron chi connectivity index (χ3n) is 3.40. The van der Waals surface area contributed by atoms with Crippen molar-refractivity contribution in [1.82, 2.24) is 25.2 Å². The van der Waals surface area contributed by atoms with Gasteiger partial charge in [0.2, 0.25) is 0 Å². The number of amides is 1. The molecule has 2 aromatic rings. The van der Waals surface area contributed by atoms with E-state index in [1.807, 2.05) is 29.2 Å². The second-order valence-electron chi connectivity index (χ2n) is 4.73. The van der Waals surface area contributed by atoms with Crippen molar-refractivity contribution in [3.8, 4) is 5.69 Å². The van der Waals surface area contributed by atoms with Gasteiger partial charge in [0.15, 0.2) is 0 Å². The zero-order chi connectivity index (χ0) is 13.8. The number of benzene rings is 1. The molecule has 1 aromatic carbocycles. The third kappa shape index (κ3) is 2.55. The SMILES string of the molecule is O=C(c1ccccc1-n1nccn1)N1CCCNCC1. The van der Waals surface area contributed by atoms with Gasteiger partial charge in [0.25, 0.3) is 5.91 Å². The maximum Gasteiger partial charge on any atom is 0.256 e. The first-order valence-corrected chi connectivity index (χ1v) is 6.82. The van der Waals surface area contributed by atoms with E-state index in [0.29, 0.717) is 5.56 Å². The summed E-state index contributed by atoms with van der Waals surface area (Å²) in [6.45, 7) is 3.33. The molecule has 2 heterocycles. The van der Waals surface area contributed by atoms with Crippen LogP contribution in [0.15, 0.2) is 36.7 Å². The first-order chi connectivity index (χ1) is 9.86. The van der Waals surface area contributed by atoms with Crippen LogP contribution < -0.4 is 5.32 Å². The number of carbonyl (C=O) groups is 1. The largest absolute Gasteiger partial charge is 0.337 e. The minimum Gasteiger partial charge on any atom is -0.337 e. The molecule has 6 nitrogen and oxygen atoms in total. The number of aromatic nitrogens is 3. The molecule has 1 aromatic heterocycles. The van der Waals surface area contributed by atoms with Crippen LogP contribution in [0.25, 0.3) is 5.69 Å². The molecule has 1 saturated heterocycles. The maximum atomic E-state index is 12.7. The lowest BCUT2D eigenvalue weighted by Crippen LogP contribution is -2.34. The van der Waals surface area contributed by atoms with Crippen LogP contribution >= 0.6 is 0 Å². The van der Waals surface area contributed by atoms with Gasteiger partial charge in [-0.1, -0.05) is 12.1 Å². The van der Waals surface area contributed by atoms with Crippen molar-refractivity contribution < 1.29 is 4.79 Å². The molecular weight excluding hydrogens is 254 g/mol. The van der Waals surface area contributed by atoms with Gasteiger partial charge in [-0.3, -0.25) is 4.79 Å². The lowest BCUT2D eigenvalue weighted by molar-refractivity contribution is 0.0766. The summed E-state index contributed by atoms with van der Waals surface area (Å²) in [5.74, 6) is 0.0431. The molecule has 104 valence electrons. The Balaban J connectivity index is 1.91. The van der Waals surface area contributed by atoms with Crippen LogP contribution in [-0.2, 0) is 0 Å². The molecule has 1 N–H and O–H groups in total. The minimum atomic E-state index is 0.0431. The summed E-state index contributed by atoms with van der Waals surface area (Å²) in [6, 6.07) is 7.46. The van der Waals surface area contributed by atoms with E-state index in [4.69, 9.17) is 0 Å². The number of rotatable bonds is 2. The molecule has 6 heteroatoms. The fourth-order valence-electron chi connectivity index (χ4n) is 2.39. The van der Waals surface area contributed by atoms with Crippen LogP contribution in [0.3, 0.4) is 0 Å². The highest BCUT2D eigenvalue weighted by atomic mass is 16.2. The summed E-state index contributed by atoms with van der Waals surface area (Å²) in [6.07, 6.45) is 4.20. The van der Waals surface area contributed by atoms with Crippen LogP contribution in [0, 0.1) is 0 Å². The van der Waals surface area contributed by atoms with Crippen molar-refractivity contribution in [2.75, 3.05) is 26.2 Å². The van der Waals surface area contributed by atoms with Crippen molar-refractivity contribution in [2.45, 2.75) is 6.42 Å². The van der Waals surface area contributed by atoms with Crippen molar-refractivity contribution in [1.29, 1.82) is 0 Å². The van der Waals surface area contributed by atoms with Crippen LogP contribution in [0.2, 0.25) is 0 Å². The summed E-state index contributed by atoms with van der Waals surface area (Å²) < 4.78 is 0. The number of carbonyl (C=O) groups excluding carboxylic acids is 1. The zero-order valence-electron chi connectivity index (χ0n) is 11.2. The summed E-state index contributed by atoms with van der Waals surface area (Å²) in [5, 5.41) is 11.5. The first kappa shape index (κ1) is 12.8. The Morgan fingerprint density at radius 1 is 1.10 bits per heavy atom. The Morgan fingerprint density at radius 2 is 1.90 bits per heavy atom. The highest BCUT2D eigenvalue weighted by molar-refractivity contribution is 5.97.